The van der Waals surface area contributed by atoms with Crippen LogP contribution < -0.4 is 11.0 Å². The van der Waals surface area contributed by atoms with E-state index in [1.807, 2.05) is 42.5 Å². The van der Waals surface area contributed by atoms with Gasteiger partial charge in [0, 0.05) is 31.2 Å². The van der Waals surface area contributed by atoms with Crippen LogP contribution in [0.3, 0.4) is 0 Å². The number of allylic oxidation sites excluding steroid dienone is 1. The molecule has 0 spiro atoms. The summed E-state index contributed by atoms with van der Waals surface area (Å²) in [6.45, 7) is 0.354. The highest BCUT2D eigenvalue weighted by Gasteiger charge is 2.08. The number of hydrogen-bond acceptors (Lipinski definition) is 3. The number of fused-ring (bicyclic) bond motifs is 1. The molecule has 0 fully saturated rings. The van der Waals surface area contributed by atoms with Gasteiger partial charge < -0.3 is 14.1 Å². The molecule has 3 aromatic rings. The van der Waals surface area contributed by atoms with E-state index in [9.17, 15) is 14.7 Å². The summed E-state index contributed by atoms with van der Waals surface area (Å²) in [7, 11) is 0. The van der Waals surface area contributed by atoms with Crippen LogP contribution in [0.25, 0.3) is 11.6 Å². The van der Waals surface area contributed by atoms with Crippen molar-refractivity contribution < 1.29 is 5.11 Å². The van der Waals surface area contributed by atoms with E-state index >= 15 is 0 Å². The van der Waals surface area contributed by atoms with Crippen molar-refractivity contribution in [2.45, 2.75) is 6.54 Å². The van der Waals surface area contributed by atoms with Crippen molar-refractivity contribution in [1.82, 2.24) is 8.97 Å². The van der Waals surface area contributed by atoms with Gasteiger partial charge in [-0.2, -0.15) is 0 Å². The quantitative estimate of drug-likeness (QED) is 0.802. The van der Waals surface area contributed by atoms with Gasteiger partial charge in [0.2, 0.25) is 5.43 Å². The van der Waals surface area contributed by atoms with Gasteiger partial charge in [-0.05, 0) is 5.56 Å². The van der Waals surface area contributed by atoms with Crippen LogP contribution in [0, 0.1) is 0 Å². The summed E-state index contributed by atoms with van der Waals surface area (Å²) in [4.78, 5) is 23.8. The first-order chi connectivity index (χ1) is 10.7. The molecule has 110 valence electrons. The number of pyridine rings is 1. The van der Waals surface area contributed by atoms with Crippen molar-refractivity contribution in [2.24, 2.45) is 0 Å². The molecule has 0 atom stereocenters. The van der Waals surface area contributed by atoms with Crippen LogP contribution in [-0.2, 0) is 6.54 Å². The standard InChI is InChI=1S/C17H14N2O3/c20-14-8-10-18-11-12-19(17(22)15(18)16(14)21)9-4-7-13-5-2-1-3-6-13/h1-8,10-12,21H,9H2/b7-4+. The highest BCUT2D eigenvalue weighted by molar-refractivity contribution is 5.57. The molecule has 1 N–H and O–H groups in total. The molecule has 0 saturated carbocycles. The van der Waals surface area contributed by atoms with Gasteiger partial charge in [0.05, 0.1) is 0 Å². The molecule has 0 radical (unpaired) electrons. The minimum Gasteiger partial charge on any atom is -0.503 e. The maximum Gasteiger partial charge on any atom is 0.279 e. The number of benzene rings is 1. The van der Waals surface area contributed by atoms with Crippen molar-refractivity contribution >= 4 is 11.6 Å². The molecule has 2 aromatic heterocycles. The van der Waals surface area contributed by atoms with Crippen LogP contribution >= 0.6 is 0 Å². The average Bonchev–Trinajstić information content (AvgIpc) is 2.54. The molecule has 1 aromatic carbocycles. The molecule has 5 nitrogen and oxygen atoms in total. The predicted octanol–water partition coefficient (Wildman–Crippen LogP) is 1.88. The molecule has 0 saturated heterocycles. The van der Waals surface area contributed by atoms with Crippen molar-refractivity contribution in [3.8, 4) is 5.75 Å². The van der Waals surface area contributed by atoms with E-state index < -0.39 is 16.7 Å². The van der Waals surface area contributed by atoms with E-state index in [1.54, 1.807) is 12.4 Å². The summed E-state index contributed by atoms with van der Waals surface area (Å²) in [5.41, 5.74) is 0.0589. The Labute approximate surface area is 126 Å². The maximum absolute atomic E-state index is 12.4. The van der Waals surface area contributed by atoms with E-state index in [-0.39, 0.29) is 5.52 Å². The second-order valence-corrected chi connectivity index (χ2v) is 4.85. The van der Waals surface area contributed by atoms with E-state index in [4.69, 9.17) is 0 Å². The van der Waals surface area contributed by atoms with Crippen LogP contribution in [0.15, 0.2) is 70.7 Å². The molecule has 0 aliphatic carbocycles. The summed E-state index contributed by atoms with van der Waals surface area (Å²) >= 11 is 0. The van der Waals surface area contributed by atoms with E-state index in [2.05, 4.69) is 0 Å². The zero-order valence-corrected chi connectivity index (χ0v) is 11.7. The minimum atomic E-state index is -0.560. The molecular weight excluding hydrogens is 280 g/mol. The summed E-state index contributed by atoms with van der Waals surface area (Å²) in [6.07, 6.45) is 8.47. The Morgan fingerprint density at radius 1 is 1.00 bits per heavy atom. The van der Waals surface area contributed by atoms with Gasteiger partial charge >= 0.3 is 0 Å². The zero-order chi connectivity index (χ0) is 15.5. The summed E-state index contributed by atoms with van der Waals surface area (Å²) in [5, 5.41) is 9.80. The Bertz CT molecular complexity index is 953. The van der Waals surface area contributed by atoms with Gasteiger partial charge in [-0.15, -0.1) is 0 Å². The monoisotopic (exact) mass is 294 g/mol. The van der Waals surface area contributed by atoms with Gasteiger partial charge in [-0.25, -0.2) is 0 Å². The molecule has 22 heavy (non-hydrogen) atoms. The van der Waals surface area contributed by atoms with E-state index in [1.165, 1.54) is 21.2 Å². The lowest BCUT2D eigenvalue weighted by molar-refractivity contribution is 0.472. The van der Waals surface area contributed by atoms with Gasteiger partial charge in [-0.3, -0.25) is 9.59 Å². The molecule has 0 aliphatic rings. The SMILES string of the molecule is O=c1ccn2ccn(C/C=C/c3ccccc3)c(=O)c2c1O. The van der Waals surface area contributed by atoms with Crippen LogP contribution in [-0.4, -0.2) is 14.1 Å². The van der Waals surface area contributed by atoms with Crippen LogP contribution in [0.2, 0.25) is 0 Å². The lowest BCUT2D eigenvalue weighted by Crippen LogP contribution is -2.23. The molecule has 0 aliphatic heterocycles. The van der Waals surface area contributed by atoms with Gasteiger partial charge in [-0.1, -0.05) is 42.5 Å². The number of hydrogen-bond donors (Lipinski definition) is 1. The molecule has 0 bridgehead atoms. The second-order valence-electron chi connectivity index (χ2n) is 4.85. The molecule has 5 heteroatoms. The van der Waals surface area contributed by atoms with E-state index in [0.29, 0.717) is 6.54 Å². The van der Waals surface area contributed by atoms with Crippen LogP contribution in [0.1, 0.15) is 5.56 Å². The number of nitrogens with zero attached hydrogens (tertiary/aromatic N) is 2. The topological polar surface area (TPSA) is 63.7 Å². The molecular formula is C17H14N2O3. The van der Waals surface area contributed by atoms with Crippen LogP contribution in [0.5, 0.6) is 5.75 Å². The van der Waals surface area contributed by atoms with Gasteiger partial charge in [0.15, 0.2) is 11.3 Å². The molecule has 3 rings (SSSR count). The average molecular weight is 294 g/mol. The Hall–Kier alpha value is -3.08. The highest BCUT2D eigenvalue weighted by Crippen LogP contribution is 2.07. The molecule has 2 heterocycles. The van der Waals surface area contributed by atoms with Crippen LogP contribution in [0.4, 0.5) is 0 Å². The Morgan fingerprint density at radius 3 is 2.55 bits per heavy atom. The zero-order valence-electron chi connectivity index (χ0n) is 11.7. The van der Waals surface area contributed by atoms with E-state index in [0.717, 1.165) is 5.56 Å². The third-order valence-corrected chi connectivity index (χ3v) is 3.39. The fraction of sp³-hybridized carbons (Fsp3) is 0.0588. The summed E-state index contributed by atoms with van der Waals surface area (Å²) in [5.74, 6) is -0.520. The summed E-state index contributed by atoms with van der Waals surface area (Å²) in [6, 6.07) is 11.0. The lowest BCUT2D eigenvalue weighted by Gasteiger charge is -2.06. The second kappa shape index (κ2) is 5.73. The third kappa shape index (κ3) is 2.56. The fourth-order valence-corrected chi connectivity index (χ4v) is 2.24. The number of aromatic nitrogens is 2. The lowest BCUT2D eigenvalue weighted by atomic mass is 10.2. The predicted molar refractivity (Wildman–Crippen MR) is 85.1 cm³/mol. The van der Waals surface area contributed by atoms with Crippen molar-refractivity contribution in [1.29, 1.82) is 0 Å². The number of aromatic hydroxyl groups is 1. The minimum absolute atomic E-state index is 0.0110. The normalized spacial score (nSPS) is 11.3. The Balaban J connectivity index is 1.97. The van der Waals surface area contributed by atoms with Crippen molar-refractivity contribution in [2.75, 3.05) is 0 Å². The van der Waals surface area contributed by atoms with Crippen molar-refractivity contribution in [3.63, 3.8) is 0 Å². The number of rotatable bonds is 3. The molecule has 0 amide bonds. The van der Waals surface area contributed by atoms with Crippen molar-refractivity contribution in [3.05, 3.63) is 87.2 Å². The van der Waals surface area contributed by atoms with Gasteiger partial charge in [0.25, 0.3) is 5.56 Å². The first kappa shape index (κ1) is 13.9. The molecule has 0 unspecified atom stereocenters. The van der Waals surface area contributed by atoms with Gasteiger partial charge in [0.1, 0.15) is 0 Å². The first-order valence-electron chi connectivity index (χ1n) is 6.82. The first-order valence-corrected chi connectivity index (χ1v) is 6.82. The fourth-order valence-electron chi connectivity index (χ4n) is 2.24. The maximum atomic E-state index is 12.4. The smallest absolute Gasteiger partial charge is 0.279 e. The Kier molecular flexibility index (Phi) is 3.62. The Morgan fingerprint density at radius 2 is 1.77 bits per heavy atom. The summed E-state index contributed by atoms with van der Waals surface area (Å²) < 4.78 is 2.88. The highest BCUT2D eigenvalue weighted by atomic mass is 16.3. The third-order valence-electron chi connectivity index (χ3n) is 3.39. The largest absolute Gasteiger partial charge is 0.503 e.